The van der Waals surface area contributed by atoms with E-state index in [0.29, 0.717) is 6.42 Å². The Labute approximate surface area is 83.9 Å². The minimum Gasteiger partial charge on any atom is -0.480 e. The molecule has 0 aliphatic heterocycles. The van der Waals surface area contributed by atoms with Crippen LogP contribution in [-0.2, 0) is 9.59 Å². The van der Waals surface area contributed by atoms with Gasteiger partial charge in [-0.2, -0.15) is 0 Å². The average Bonchev–Trinajstić information content (AvgIpc) is 2.02. The Balaban J connectivity index is 4.60. The number of carbonyl (C=O) groups is 2. The fraction of sp³-hybridized carbons (Fsp3) is 0.778. The van der Waals surface area contributed by atoms with Crippen molar-refractivity contribution in [3.05, 3.63) is 0 Å². The van der Waals surface area contributed by atoms with Crippen LogP contribution in [-0.4, -0.2) is 40.5 Å². The van der Waals surface area contributed by atoms with Gasteiger partial charge in [0.15, 0.2) is 0 Å². The van der Waals surface area contributed by atoms with Gasteiger partial charge in [0.1, 0.15) is 6.04 Å². The van der Waals surface area contributed by atoms with Crippen molar-refractivity contribution in [3.63, 3.8) is 0 Å². The Hall–Kier alpha value is -1.10. The predicted octanol–water partition coefficient (Wildman–Crippen LogP) is 0.0453. The van der Waals surface area contributed by atoms with E-state index in [9.17, 15) is 9.59 Å². The summed E-state index contributed by atoms with van der Waals surface area (Å²) in [6.07, 6.45) is 0.459. The Morgan fingerprint density at radius 1 is 1.43 bits per heavy atom. The lowest BCUT2D eigenvalue weighted by Gasteiger charge is -2.30. The van der Waals surface area contributed by atoms with E-state index in [1.807, 2.05) is 13.8 Å². The molecule has 0 radical (unpaired) electrons. The summed E-state index contributed by atoms with van der Waals surface area (Å²) in [7, 11) is 0. The number of carboxylic acid groups (broad SMARTS) is 1. The van der Waals surface area contributed by atoms with Gasteiger partial charge in [-0.15, -0.1) is 0 Å². The van der Waals surface area contributed by atoms with Crippen molar-refractivity contribution in [3.8, 4) is 0 Å². The maximum Gasteiger partial charge on any atom is 0.320 e. The van der Waals surface area contributed by atoms with Crippen molar-refractivity contribution in [2.75, 3.05) is 6.54 Å². The van der Waals surface area contributed by atoms with E-state index in [1.165, 1.54) is 0 Å². The SMILES string of the molecule is CCC(C(=O)O)N(CC(N)=O)C(C)C. The van der Waals surface area contributed by atoms with E-state index in [1.54, 1.807) is 11.8 Å². The molecular formula is C9H18N2O3. The van der Waals surface area contributed by atoms with Crippen molar-refractivity contribution >= 4 is 11.9 Å². The smallest absolute Gasteiger partial charge is 0.320 e. The average molecular weight is 202 g/mol. The van der Waals surface area contributed by atoms with Gasteiger partial charge in [-0.1, -0.05) is 6.92 Å². The Morgan fingerprint density at radius 3 is 2.14 bits per heavy atom. The molecule has 3 N–H and O–H groups in total. The lowest BCUT2D eigenvalue weighted by Crippen LogP contribution is -2.48. The van der Waals surface area contributed by atoms with Gasteiger partial charge in [0.2, 0.25) is 5.91 Å². The molecule has 0 aliphatic rings. The second-order valence-corrected chi connectivity index (χ2v) is 3.49. The van der Waals surface area contributed by atoms with Crippen molar-refractivity contribution in [2.24, 2.45) is 5.73 Å². The molecule has 0 fully saturated rings. The Kier molecular flexibility index (Phi) is 5.15. The zero-order valence-electron chi connectivity index (χ0n) is 8.86. The van der Waals surface area contributed by atoms with E-state index >= 15 is 0 Å². The van der Waals surface area contributed by atoms with E-state index in [0.717, 1.165) is 0 Å². The third kappa shape index (κ3) is 3.74. The maximum absolute atomic E-state index is 10.9. The zero-order chi connectivity index (χ0) is 11.3. The highest BCUT2D eigenvalue weighted by atomic mass is 16.4. The number of rotatable bonds is 6. The summed E-state index contributed by atoms with van der Waals surface area (Å²) in [4.78, 5) is 23.2. The molecule has 0 spiro atoms. The minimum atomic E-state index is -0.914. The van der Waals surface area contributed by atoms with Crippen LogP contribution in [0.5, 0.6) is 0 Å². The summed E-state index contributed by atoms with van der Waals surface area (Å²) >= 11 is 0. The van der Waals surface area contributed by atoms with Gasteiger partial charge in [-0.05, 0) is 20.3 Å². The van der Waals surface area contributed by atoms with Crippen LogP contribution in [0.2, 0.25) is 0 Å². The monoisotopic (exact) mass is 202 g/mol. The van der Waals surface area contributed by atoms with Gasteiger partial charge in [-0.25, -0.2) is 0 Å². The van der Waals surface area contributed by atoms with Crippen LogP contribution >= 0.6 is 0 Å². The summed E-state index contributed by atoms with van der Waals surface area (Å²) in [5.41, 5.74) is 5.05. The standard InChI is InChI=1S/C9H18N2O3/c1-4-7(9(13)14)11(6(2)3)5-8(10)12/h6-7H,4-5H2,1-3H3,(H2,10,12)(H,13,14). The second kappa shape index (κ2) is 5.59. The van der Waals surface area contributed by atoms with Crippen LogP contribution in [0.4, 0.5) is 0 Å². The molecule has 5 nitrogen and oxygen atoms in total. The van der Waals surface area contributed by atoms with Crippen molar-refractivity contribution in [1.29, 1.82) is 0 Å². The Bertz CT molecular complexity index is 216. The summed E-state index contributed by atoms with van der Waals surface area (Å²) < 4.78 is 0. The van der Waals surface area contributed by atoms with Gasteiger partial charge in [0.25, 0.3) is 0 Å². The number of carboxylic acids is 1. The van der Waals surface area contributed by atoms with Crippen LogP contribution in [0.1, 0.15) is 27.2 Å². The molecule has 0 bridgehead atoms. The maximum atomic E-state index is 10.9. The molecule has 5 heteroatoms. The fourth-order valence-corrected chi connectivity index (χ4v) is 1.38. The number of primary amides is 1. The highest BCUT2D eigenvalue weighted by Gasteiger charge is 2.26. The van der Waals surface area contributed by atoms with Crippen LogP contribution in [0, 0.1) is 0 Å². The number of nitrogens with zero attached hydrogens (tertiary/aromatic N) is 1. The Morgan fingerprint density at radius 2 is 1.93 bits per heavy atom. The topological polar surface area (TPSA) is 83.6 Å². The number of hydrogen-bond acceptors (Lipinski definition) is 3. The van der Waals surface area contributed by atoms with Crippen LogP contribution in [0.15, 0.2) is 0 Å². The number of hydrogen-bond donors (Lipinski definition) is 2. The third-order valence-corrected chi connectivity index (χ3v) is 2.07. The molecule has 1 amide bonds. The van der Waals surface area contributed by atoms with Gasteiger partial charge >= 0.3 is 5.97 Å². The molecule has 82 valence electrons. The van der Waals surface area contributed by atoms with Gasteiger partial charge in [-0.3, -0.25) is 14.5 Å². The first kappa shape index (κ1) is 12.9. The minimum absolute atomic E-state index is 0.0106. The van der Waals surface area contributed by atoms with Gasteiger partial charge in [0, 0.05) is 6.04 Å². The van der Waals surface area contributed by atoms with E-state index in [-0.39, 0.29) is 12.6 Å². The van der Waals surface area contributed by atoms with Crippen LogP contribution in [0.3, 0.4) is 0 Å². The molecule has 0 aromatic rings. The van der Waals surface area contributed by atoms with Crippen LogP contribution < -0.4 is 5.73 Å². The zero-order valence-corrected chi connectivity index (χ0v) is 8.86. The molecule has 0 aromatic heterocycles. The molecule has 14 heavy (non-hydrogen) atoms. The fourth-order valence-electron chi connectivity index (χ4n) is 1.38. The molecule has 0 heterocycles. The van der Waals surface area contributed by atoms with E-state index in [2.05, 4.69) is 0 Å². The lowest BCUT2D eigenvalue weighted by atomic mass is 10.1. The summed E-state index contributed by atoms with van der Waals surface area (Å²) in [5.74, 6) is -1.42. The largest absolute Gasteiger partial charge is 0.480 e. The normalized spacial score (nSPS) is 13.2. The lowest BCUT2D eigenvalue weighted by molar-refractivity contribution is -0.144. The first-order chi connectivity index (χ1) is 6.40. The van der Waals surface area contributed by atoms with Gasteiger partial charge in [0.05, 0.1) is 6.54 Å². The predicted molar refractivity (Wildman–Crippen MR) is 52.8 cm³/mol. The first-order valence-electron chi connectivity index (χ1n) is 4.67. The van der Waals surface area contributed by atoms with E-state index in [4.69, 9.17) is 10.8 Å². The number of amides is 1. The summed E-state index contributed by atoms with van der Waals surface area (Å²) in [6.45, 7) is 5.45. The molecule has 0 aromatic carbocycles. The molecule has 1 atom stereocenters. The number of carbonyl (C=O) groups excluding carboxylic acids is 1. The highest BCUT2D eigenvalue weighted by Crippen LogP contribution is 2.08. The second-order valence-electron chi connectivity index (χ2n) is 3.49. The molecular weight excluding hydrogens is 184 g/mol. The number of aliphatic carboxylic acids is 1. The molecule has 0 rings (SSSR count). The van der Waals surface area contributed by atoms with Crippen molar-refractivity contribution in [2.45, 2.75) is 39.3 Å². The first-order valence-corrected chi connectivity index (χ1v) is 4.67. The highest BCUT2D eigenvalue weighted by molar-refractivity contribution is 5.78. The third-order valence-electron chi connectivity index (χ3n) is 2.07. The molecule has 0 saturated heterocycles. The van der Waals surface area contributed by atoms with Crippen molar-refractivity contribution < 1.29 is 14.7 Å². The summed E-state index contributed by atoms with van der Waals surface area (Å²) in [5, 5.41) is 8.91. The quantitative estimate of drug-likeness (QED) is 0.637. The van der Waals surface area contributed by atoms with Gasteiger partial charge < -0.3 is 10.8 Å². The van der Waals surface area contributed by atoms with E-state index < -0.39 is 17.9 Å². The van der Waals surface area contributed by atoms with Crippen molar-refractivity contribution in [1.82, 2.24) is 4.90 Å². The number of nitrogens with two attached hydrogens (primary N) is 1. The molecule has 1 unspecified atom stereocenters. The summed E-state index contributed by atoms with van der Waals surface area (Å²) in [6, 6.07) is -0.647. The molecule has 0 aliphatic carbocycles. The molecule has 0 saturated carbocycles. The van der Waals surface area contributed by atoms with Crippen LogP contribution in [0.25, 0.3) is 0 Å².